The number of rotatable bonds is 0. The zero-order valence-electron chi connectivity index (χ0n) is 5.05. The Kier molecular flexibility index (Phi) is 1.51. The van der Waals surface area contributed by atoms with E-state index in [1.54, 1.807) is 0 Å². The second-order valence-electron chi connectivity index (χ2n) is 2.26. The first kappa shape index (κ1) is 5.60. The minimum absolute atomic E-state index is 0.0868. The minimum atomic E-state index is 0.0868. The Bertz CT molecular complexity index is 101. The van der Waals surface area contributed by atoms with Gasteiger partial charge in [-0.15, -0.1) is 0 Å². The molecular formula is C6H10NO. The van der Waals surface area contributed by atoms with Gasteiger partial charge in [0.2, 0.25) is 5.91 Å². The summed E-state index contributed by atoms with van der Waals surface area (Å²) < 4.78 is 0. The highest BCUT2D eigenvalue weighted by molar-refractivity contribution is 5.76. The highest BCUT2D eigenvalue weighted by Crippen LogP contribution is 2.07. The van der Waals surface area contributed by atoms with E-state index in [-0.39, 0.29) is 11.9 Å². The van der Waals surface area contributed by atoms with Gasteiger partial charge in [0.1, 0.15) is 0 Å². The predicted octanol–water partition coefficient (Wildman–Crippen LogP) is 0.690. The molecule has 0 aromatic carbocycles. The van der Waals surface area contributed by atoms with Crippen LogP contribution < -0.4 is 5.32 Å². The second kappa shape index (κ2) is 2.16. The van der Waals surface area contributed by atoms with E-state index >= 15 is 0 Å². The summed E-state index contributed by atoms with van der Waals surface area (Å²) in [6, 6.07) is 0.288. The van der Waals surface area contributed by atoms with Gasteiger partial charge in [-0.1, -0.05) is 0 Å². The van der Waals surface area contributed by atoms with E-state index in [0.717, 1.165) is 12.8 Å². The molecule has 1 aliphatic rings. The molecule has 0 aromatic heterocycles. The van der Waals surface area contributed by atoms with Crippen molar-refractivity contribution < 1.29 is 4.79 Å². The monoisotopic (exact) mass is 112 g/mol. The van der Waals surface area contributed by atoms with Gasteiger partial charge in [-0.3, -0.25) is 4.79 Å². The first-order valence-corrected chi connectivity index (χ1v) is 3.03. The van der Waals surface area contributed by atoms with Gasteiger partial charge in [-0.05, 0) is 19.8 Å². The van der Waals surface area contributed by atoms with Crippen molar-refractivity contribution in [1.82, 2.24) is 5.32 Å². The third-order valence-corrected chi connectivity index (χ3v) is 1.38. The molecule has 1 radical (unpaired) electrons. The van der Waals surface area contributed by atoms with Crippen LogP contribution in [-0.2, 0) is 4.79 Å². The van der Waals surface area contributed by atoms with Gasteiger partial charge in [0.05, 0.1) is 6.04 Å². The standard InChI is InChI=1S/C6H10NO/c1-5-3-2-4-6(8)7-5/h5H,2-4H2,1H3. The number of hydrogen-bond acceptors (Lipinski definition) is 1. The van der Waals surface area contributed by atoms with Crippen LogP contribution in [0.5, 0.6) is 0 Å². The second-order valence-corrected chi connectivity index (χ2v) is 2.26. The Hall–Kier alpha value is -0.530. The molecule has 1 atom stereocenters. The van der Waals surface area contributed by atoms with Crippen molar-refractivity contribution in [3.8, 4) is 0 Å². The molecule has 1 amide bonds. The molecule has 0 N–H and O–H groups in total. The van der Waals surface area contributed by atoms with Crippen LogP contribution >= 0.6 is 0 Å². The number of carbonyl (C=O) groups excluding carboxylic acids is 1. The number of hydrogen-bond donors (Lipinski definition) is 0. The molecule has 1 fully saturated rings. The van der Waals surface area contributed by atoms with E-state index < -0.39 is 0 Å². The molecule has 0 aromatic rings. The lowest BCUT2D eigenvalue weighted by molar-refractivity contribution is -0.123. The van der Waals surface area contributed by atoms with E-state index in [0.29, 0.717) is 6.42 Å². The molecule has 1 unspecified atom stereocenters. The van der Waals surface area contributed by atoms with Crippen molar-refractivity contribution in [2.75, 3.05) is 0 Å². The van der Waals surface area contributed by atoms with E-state index in [9.17, 15) is 4.79 Å². The summed E-state index contributed by atoms with van der Waals surface area (Å²) >= 11 is 0. The Labute approximate surface area is 49.3 Å². The van der Waals surface area contributed by atoms with Gasteiger partial charge in [-0.25, -0.2) is 5.32 Å². The Morgan fingerprint density at radius 3 is 2.88 bits per heavy atom. The zero-order chi connectivity index (χ0) is 5.98. The summed E-state index contributed by atoms with van der Waals surface area (Å²) in [5, 5.41) is 3.84. The van der Waals surface area contributed by atoms with Crippen molar-refractivity contribution in [1.29, 1.82) is 0 Å². The quantitative estimate of drug-likeness (QED) is 0.453. The topological polar surface area (TPSA) is 31.2 Å². The predicted molar refractivity (Wildman–Crippen MR) is 30.5 cm³/mol. The molecule has 2 nitrogen and oxygen atoms in total. The molecule has 1 heterocycles. The summed E-state index contributed by atoms with van der Waals surface area (Å²) in [4.78, 5) is 10.5. The van der Waals surface area contributed by atoms with Crippen LogP contribution in [-0.4, -0.2) is 11.9 Å². The van der Waals surface area contributed by atoms with E-state index in [4.69, 9.17) is 0 Å². The largest absolute Gasteiger partial charge is 0.273 e. The maximum atomic E-state index is 10.5. The van der Waals surface area contributed by atoms with Crippen LogP contribution in [0.15, 0.2) is 0 Å². The average molecular weight is 112 g/mol. The SMILES string of the molecule is CC1CCCC(=O)[N]1. The van der Waals surface area contributed by atoms with Crippen LogP contribution in [0.3, 0.4) is 0 Å². The fourth-order valence-electron chi connectivity index (χ4n) is 0.924. The number of nitrogens with zero attached hydrogens (tertiary/aromatic N) is 1. The normalized spacial score (nSPS) is 29.6. The fraction of sp³-hybridized carbons (Fsp3) is 0.833. The summed E-state index contributed by atoms with van der Waals surface area (Å²) in [7, 11) is 0. The van der Waals surface area contributed by atoms with Crippen molar-refractivity contribution in [2.24, 2.45) is 0 Å². The van der Waals surface area contributed by atoms with Gasteiger partial charge >= 0.3 is 0 Å². The molecule has 45 valence electrons. The van der Waals surface area contributed by atoms with Crippen molar-refractivity contribution in [2.45, 2.75) is 32.2 Å². The van der Waals surface area contributed by atoms with Crippen LogP contribution in [0, 0.1) is 0 Å². The average Bonchev–Trinajstić information content (AvgIpc) is 1.64. The first-order valence-electron chi connectivity index (χ1n) is 3.03. The first-order chi connectivity index (χ1) is 3.79. The smallest absolute Gasteiger partial charge is 0.241 e. The number of carbonyl (C=O) groups is 1. The molecule has 1 aliphatic heterocycles. The molecule has 1 rings (SSSR count). The van der Waals surface area contributed by atoms with Crippen LogP contribution in [0.1, 0.15) is 26.2 Å². The molecule has 1 saturated heterocycles. The molecule has 0 saturated carbocycles. The Morgan fingerprint density at radius 1 is 1.75 bits per heavy atom. The molecule has 0 bridgehead atoms. The molecule has 0 spiro atoms. The lowest BCUT2D eigenvalue weighted by Gasteiger charge is -2.15. The highest BCUT2D eigenvalue weighted by Gasteiger charge is 2.14. The van der Waals surface area contributed by atoms with Crippen molar-refractivity contribution in [3.05, 3.63) is 0 Å². The number of piperidine rings is 1. The Morgan fingerprint density at radius 2 is 2.50 bits per heavy atom. The maximum Gasteiger partial charge on any atom is 0.241 e. The zero-order valence-corrected chi connectivity index (χ0v) is 5.05. The van der Waals surface area contributed by atoms with E-state index in [1.165, 1.54) is 0 Å². The third-order valence-electron chi connectivity index (χ3n) is 1.38. The van der Waals surface area contributed by atoms with Crippen LogP contribution in [0.25, 0.3) is 0 Å². The van der Waals surface area contributed by atoms with Gasteiger partial charge in [-0.2, -0.15) is 0 Å². The lowest BCUT2D eigenvalue weighted by Crippen LogP contribution is -2.29. The molecule has 2 heteroatoms. The highest BCUT2D eigenvalue weighted by atomic mass is 16.1. The summed E-state index contributed by atoms with van der Waals surface area (Å²) in [6.07, 6.45) is 2.79. The van der Waals surface area contributed by atoms with Crippen LogP contribution in [0.4, 0.5) is 0 Å². The van der Waals surface area contributed by atoms with Gasteiger partial charge < -0.3 is 0 Å². The lowest BCUT2D eigenvalue weighted by atomic mass is 10.1. The summed E-state index contributed by atoms with van der Waals surface area (Å²) in [6.45, 7) is 1.98. The third kappa shape index (κ3) is 1.22. The molecular weight excluding hydrogens is 102 g/mol. The summed E-state index contributed by atoms with van der Waals surface area (Å²) in [5.41, 5.74) is 0. The van der Waals surface area contributed by atoms with Gasteiger partial charge in [0, 0.05) is 6.42 Å². The van der Waals surface area contributed by atoms with Gasteiger partial charge in [0.25, 0.3) is 0 Å². The van der Waals surface area contributed by atoms with E-state index in [1.807, 2.05) is 6.92 Å². The molecule has 8 heavy (non-hydrogen) atoms. The minimum Gasteiger partial charge on any atom is -0.273 e. The van der Waals surface area contributed by atoms with Crippen molar-refractivity contribution >= 4 is 5.91 Å². The Balaban J connectivity index is 2.34. The van der Waals surface area contributed by atoms with Gasteiger partial charge in [0.15, 0.2) is 0 Å². The fourth-order valence-corrected chi connectivity index (χ4v) is 0.924. The molecule has 0 aliphatic carbocycles. The maximum absolute atomic E-state index is 10.5. The number of amides is 1. The van der Waals surface area contributed by atoms with E-state index in [2.05, 4.69) is 5.32 Å². The summed E-state index contributed by atoms with van der Waals surface area (Å²) in [5.74, 6) is 0.0868. The van der Waals surface area contributed by atoms with Crippen molar-refractivity contribution in [3.63, 3.8) is 0 Å². The van der Waals surface area contributed by atoms with Crippen LogP contribution in [0.2, 0.25) is 0 Å².